The lowest BCUT2D eigenvalue weighted by atomic mass is 9.96. The Kier molecular flexibility index (Phi) is 4.42. The monoisotopic (exact) mass is 421 g/mol. The number of amides is 1. The Hall–Kier alpha value is -3.16. The molecule has 1 saturated heterocycles. The van der Waals surface area contributed by atoms with Gasteiger partial charge in [-0.25, -0.2) is 9.78 Å². The molecule has 0 radical (unpaired) electrons. The van der Waals surface area contributed by atoms with Crippen LogP contribution in [0.4, 0.5) is 0 Å². The van der Waals surface area contributed by atoms with Gasteiger partial charge in [0, 0.05) is 25.7 Å². The summed E-state index contributed by atoms with van der Waals surface area (Å²) in [6.07, 6.45) is 6.21. The molecule has 5 heterocycles. The van der Waals surface area contributed by atoms with E-state index in [-0.39, 0.29) is 29.1 Å². The zero-order chi connectivity index (χ0) is 21.9. The molecule has 2 unspecified atom stereocenters. The highest BCUT2D eigenvalue weighted by Gasteiger charge is 2.41. The first-order valence-electron chi connectivity index (χ1n) is 10.7. The molecule has 2 aliphatic heterocycles. The fourth-order valence-corrected chi connectivity index (χ4v) is 4.87. The second kappa shape index (κ2) is 6.93. The number of carbonyl (C=O) groups is 1. The van der Waals surface area contributed by atoms with Crippen LogP contribution in [-0.2, 0) is 13.6 Å². The van der Waals surface area contributed by atoms with E-state index < -0.39 is 0 Å². The fraction of sp³-hybridized carbons (Fsp3) is 0.478. The molecular formula is C23H27N5O3. The minimum Gasteiger partial charge on any atom is -0.364 e. The number of fused-ring (bicyclic) bond motifs is 3. The lowest BCUT2D eigenvalue weighted by Crippen LogP contribution is -2.43. The lowest BCUT2D eigenvalue weighted by molar-refractivity contribution is 0.0681. The molecule has 8 nitrogen and oxygen atoms in total. The molecule has 3 aromatic rings. The van der Waals surface area contributed by atoms with Crippen molar-refractivity contribution in [3.8, 4) is 0 Å². The molecular weight excluding hydrogens is 394 g/mol. The van der Waals surface area contributed by atoms with Crippen LogP contribution < -0.4 is 5.69 Å². The van der Waals surface area contributed by atoms with Crippen LogP contribution in [0.1, 0.15) is 56.2 Å². The lowest BCUT2D eigenvalue weighted by Gasteiger charge is -2.33. The quantitative estimate of drug-likeness (QED) is 0.648. The van der Waals surface area contributed by atoms with E-state index in [0.717, 1.165) is 36.0 Å². The van der Waals surface area contributed by atoms with Gasteiger partial charge in [-0.15, -0.1) is 0 Å². The summed E-state index contributed by atoms with van der Waals surface area (Å²) in [4.78, 5) is 32.5. The summed E-state index contributed by atoms with van der Waals surface area (Å²) in [5.41, 5.74) is 3.85. The zero-order valence-electron chi connectivity index (χ0n) is 18.3. The maximum atomic E-state index is 12.9. The number of rotatable bonds is 3. The molecule has 31 heavy (non-hydrogen) atoms. The molecule has 0 aromatic carbocycles. The van der Waals surface area contributed by atoms with Gasteiger partial charge in [0.1, 0.15) is 6.26 Å². The number of nitrogens with zero attached hydrogens (tertiary/aromatic N) is 5. The van der Waals surface area contributed by atoms with Gasteiger partial charge in [-0.2, -0.15) is 0 Å². The minimum absolute atomic E-state index is 0.0122. The molecule has 2 bridgehead atoms. The molecule has 8 heteroatoms. The summed E-state index contributed by atoms with van der Waals surface area (Å²) in [6, 6.07) is 5.77. The van der Waals surface area contributed by atoms with Crippen molar-refractivity contribution < 1.29 is 9.32 Å². The van der Waals surface area contributed by atoms with Gasteiger partial charge in [0.05, 0.1) is 17.3 Å². The average Bonchev–Trinajstić information content (AvgIpc) is 3.41. The van der Waals surface area contributed by atoms with E-state index in [1.54, 1.807) is 17.7 Å². The first-order valence-corrected chi connectivity index (χ1v) is 10.7. The van der Waals surface area contributed by atoms with Crippen LogP contribution in [0.15, 0.2) is 39.9 Å². The van der Waals surface area contributed by atoms with Gasteiger partial charge >= 0.3 is 5.69 Å². The molecule has 1 amide bonds. The van der Waals surface area contributed by atoms with Gasteiger partial charge in [0.25, 0.3) is 5.91 Å². The number of pyridine rings is 1. The van der Waals surface area contributed by atoms with Crippen molar-refractivity contribution in [2.75, 3.05) is 0 Å². The molecule has 1 fully saturated rings. The van der Waals surface area contributed by atoms with E-state index in [1.165, 1.54) is 6.26 Å². The predicted molar refractivity (Wildman–Crippen MR) is 117 cm³/mol. The summed E-state index contributed by atoms with van der Waals surface area (Å²) in [7, 11) is 1.78. The Bertz CT molecular complexity index is 1240. The van der Waals surface area contributed by atoms with Gasteiger partial charge < -0.3 is 9.42 Å². The Labute approximate surface area is 180 Å². The third kappa shape index (κ3) is 3.30. The summed E-state index contributed by atoms with van der Waals surface area (Å²) in [5, 5.41) is 3.81. The van der Waals surface area contributed by atoms with Crippen LogP contribution in [0, 0.1) is 5.41 Å². The van der Waals surface area contributed by atoms with Crippen LogP contribution in [0.5, 0.6) is 0 Å². The molecule has 5 rings (SSSR count). The van der Waals surface area contributed by atoms with Crippen LogP contribution in [0.25, 0.3) is 16.7 Å². The SMILES string of the molecule is Cn1c(=O)n(CC(C)(C)C)c2ccc(C3=CC4CCC(C3)N4C(=O)c3ccon3)nc21. The van der Waals surface area contributed by atoms with Crippen LogP contribution >= 0.6 is 0 Å². The van der Waals surface area contributed by atoms with E-state index in [9.17, 15) is 9.59 Å². The summed E-state index contributed by atoms with van der Waals surface area (Å²) >= 11 is 0. The largest absolute Gasteiger partial charge is 0.364 e. The number of hydrogen-bond donors (Lipinski definition) is 0. The van der Waals surface area contributed by atoms with Gasteiger partial charge in [-0.1, -0.05) is 32.0 Å². The van der Waals surface area contributed by atoms with Crippen molar-refractivity contribution in [1.82, 2.24) is 24.2 Å². The molecule has 162 valence electrons. The van der Waals surface area contributed by atoms with Gasteiger partial charge in [-0.3, -0.25) is 13.9 Å². The fourth-order valence-electron chi connectivity index (χ4n) is 4.87. The highest BCUT2D eigenvalue weighted by molar-refractivity contribution is 5.93. The predicted octanol–water partition coefficient (Wildman–Crippen LogP) is 3.23. The molecule has 0 spiro atoms. The van der Waals surface area contributed by atoms with Crippen molar-refractivity contribution in [3.05, 3.63) is 52.4 Å². The molecule has 0 N–H and O–H groups in total. The number of aromatic nitrogens is 4. The average molecular weight is 422 g/mol. The standard InChI is InChI=1S/C23H27N5O3/c1-23(2,3)13-27-19-8-7-17(24-20(19)26(4)22(27)30)14-11-15-5-6-16(12-14)28(15)21(29)18-9-10-31-25-18/h7-11,15-16H,5-6,12-13H2,1-4H3. The summed E-state index contributed by atoms with van der Waals surface area (Å²) in [5.74, 6) is -0.0818. The van der Waals surface area contributed by atoms with Crippen LogP contribution in [0.3, 0.4) is 0 Å². The van der Waals surface area contributed by atoms with Gasteiger partial charge in [0.2, 0.25) is 0 Å². The Morgan fingerprint density at radius 2 is 2.03 bits per heavy atom. The number of hydrogen-bond acceptors (Lipinski definition) is 5. The molecule has 2 atom stereocenters. The van der Waals surface area contributed by atoms with Crippen molar-refractivity contribution >= 4 is 22.6 Å². The molecule has 0 saturated carbocycles. The van der Waals surface area contributed by atoms with Crippen molar-refractivity contribution in [1.29, 1.82) is 0 Å². The van der Waals surface area contributed by atoms with Gasteiger partial charge in [0.15, 0.2) is 11.3 Å². The third-order valence-corrected chi connectivity index (χ3v) is 6.23. The number of aryl methyl sites for hydroxylation is 1. The maximum absolute atomic E-state index is 12.9. The van der Waals surface area contributed by atoms with Crippen molar-refractivity contribution in [2.45, 2.75) is 58.7 Å². The molecule has 3 aromatic heterocycles. The van der Waals surface area contributed by atoms with E-state index in [1.807, 2.05) is 21.6 Å². The van der Waals surface area contributed by atoms with E-state index in [2.05, 4.69) is 32.0 Å². The van der Waals surface area contributed by atoms with Crippen molar-refractivity contribution in [2.24, 2.45) is 12.5 Å². The normalized spacial score (nSPS) is 21.0. The maximum Gasteiger partial charge on any atom is 0.330 e. The molecule has 2 aliphatic rings. The van der Waals surface area contributed by atoms with E-state index >= 15 is 0 Å². The van der Waals surface area contributed by atoms with E-state index in [0.29, 0.717) is 17.9 Å². The second-order valence-electron chi connectivity index (χ2n) is 9.82. The number of carbonyl (C=O) groups excluding carboxylic acids is 1. The topological polar surface area (TPSA) is 86.2 Å². The Morgan fingerprint density at radius 1 is 1.23 bits per heavy atom. The highest BCUT2D eigenvalue weighted by Crippen LogP contribution is 2.39. The highest BCUT2D eigenvalue weighted by atomic mass is 16.5. The van der Waals surface area contributed by atoms with Crippen LogP contribution in [0.2, 0.25) is 0 Å². The zero-order valence-corrected chi connectivity index (χ0v) is 18.3. The molecule has 0 aliphatic carbocycles. The number of imidazole rings is 1. The van der Waals surface area contributed by atoms with Gasteiger partial charge in [-0.05, 0) is 42.4 Å². The second-order valence-corrected chi connectivity index (χ2v) is 9.82. The third-order valence-electron chi connectivity index (χ3n) is 6.23. The minimum atomic E-state index is -0.0818. The van der Waals surface area contributed by atoms with Crippen molar-refractivity contribution in [3.63, 3.8) is 0 Å². The van der Waals surface area contributed by atoms with E-state index in [4.69, 9.17) is 9.51 Å². The first kappa shape index (κ1) is 19.8. The summed E-state index contributed by atoms with van der Waals surface area (Å²) < 4.78 is 8.29. The first-order chi connectivity index (χ1) is 14.7. The Morgan fingerprint density at radius 3 is 2.71 bits per heavy atom. The smallest absolute Gasteiger partial charge is 0.330 e. The Balaban J connectivity index is 1.49. The van der Waals surface area contributed by atoms with Crippen LogP contribution in [-0.4, -0.2) is 42.2 Å². The summed E-state index contributed by atoms with van der Waals surface area (Å²) in [6.45, 7) is 6.99.